The summed E-state index contributed by atoms with van der Waals surface area (Å²) in [7, 11) is 0. The highest BCUT2D eigenvalue weighted by Crippen LogP contribution is 2.29. The summed E-state index contributed by atoms with van der Waals surface area (Å²) in [5, 5.41) is 10.2. The molecule has 6 nitrogen and oxygen atoms in total. The Kier molecular flexibility index (Phi) is 5.15. The van der Waals surface area contributed by atoms with Crippen molar-refractivity contribution in [3.05, 3.63) is 39.7 Å². The van der Waals surface area contributed by atoms with Gasteiger partial charge in [-0.1, -0.05) is 29.8 Å². The predicted octanol–water partition coefficient (Wildman–Crippen LogP) is 2.28. The maximum absolute atomic E-state index is 12.7. The second-order valence-electron chi connectivity index (χ2n) is 6.06. The van der Waals surface area contributed by atoms with Crippen LogP contribution in [0.4, 0.5) is 0 Å². The van der Waals surface area contributed by atoms with Crippen molar-refractivity contribution in [2.45, 2.75) is 26.3 Å². The lowest BCUT2D eigenvalue weighted by Gasteiger charge is -2.32. The molecule has 1 atom stereocenters. The van der Waals surface area contributed by atoms with Crippen LogP contribution >= 0.6 is 11.3 Å². The number of thiazole rings is 1. The van der Waals surface area contributed by atoms with Crippen molar-refractivity contribution in [1.29, 1.82) is 0 Å². The maximum atomic E-state index is 12.7. The zero-order valence-corrected chi connectivity index (χ0v) is 15.0. The lowest BCUT2D eigenvalue weighted by atomic mass is 10.1. The molecule has 0 aliphatic carbocycles. The van der Waals surface area contributed by atoms with Crippen LogP contribution in [0.15, 0.2) is 24.3 Å². The van der Waals surface area contributed by atoms with Gasteiger partial charge in [0.1, 0.15) is 0 Å². The molecule has 0 radical (unpaired) electrons. The van der Waals surface area contributed by atoms with Gasteiger partial charge in [0.05, 0.1) is 30.3 Å². The summed E-state index contributed by atoms with van der Waals surface area (Å²) in [5.74, 6) is -1.24. The van der Waals surface area contributed by atoms with E-state index in [1.165, 1.54) is 16.2 Å². The fraction of sp³-hybridized carbons (Fsp3) is 0.389. The molecular weight excluding hydrogens is 340 g/mol. The number of carbonyl (C=O) groups excluding carboxylic acids is 1. The van der Waals surface area contributed by atoms with Crippen molar-refractivity contribution in [1.82, 2.24) is 9.88 Å². The number of nitrogens with zero attached hydrogens (tertiary/aromatic N) is 2. The van der Waals surface area contributed by atoms with E-state index in [0.29, 0.717) is 13.2 Å². The van der Waals surface area contributed by atoms with Crippen molar-refractivity contribution >= 4 is 23.2 Å². The van der Waals surface area contributed by atoms with E-state index in [2.05, 4.69) is 4.98 Å². The zero-order valence-electron chi connectivity index (χ0n) is 14.2. The van der Waals surface area contributed by atoms with Crippen LogP contribution in [0.1, 0.15) is 15.4 Å². The molecule has 0 saturated carbocycles. The first-order valence-electron chi connectivity index (χ1n) is 8.09. The predicted molar refractivity (Wildman–Crippen MR) is 94.7 cm³/mol. The average molecular weight is 360 g/mol. The number of aryl methyl sites for hydroxylation is 2. The number of hydrogen-bond acceptors (Lipinski definition) is 5. The Balaban J connectivity index is 1.84. The topological polar surface area (TPSA) is 79.7 Å². The van der Waals surface area contributed by atoms with Gasteiger partial charge in [-0.15, -0.1) is 11.3 Å². The number of hydrogen-bond donors (Lipinski definition) is 1. The van der Waals surface area contributed by atoms with E-state index in [0.717, 1.165) is 26.7 Å². The minimum Gasteiger partial charge on any atom is -0.480 e. The maximum Gasteiger partial charge on any atom is 0.328 e. The number of aliphatic carboxylic acids is 1. The van der Waals surface area contributed by atoms with Crippen LogP contribution in [-0.2, 0) is 20.7 Å². The van der Waals surface area contributed by atoms with Gasteiger partial charge in [0, 0.05) is 17.0 Å². The lowest BCUT2D eigenvalue weighted by molar-refractivity contribution is -0.157. The summed E-state index contributed by atoms with van der Waals surface area (Å²) in [6.45, 7) is 4.62. The SMILES string of the molecule is Cc1ccc(-c2nc(C)sc2CC(=O)N2CCOCC2C(=O)O)cc1. The van der Waals surface area contributed by atoms with Gasteiger partial charge in [-0.25, -0.2) is 9.78 Å². The molecule has 1 N–H and O–H groups in total. The molecule has 1 aromatic heterocycles. The molecule has 2 heterocycles. The number of ether oxygens (including phenoxy) is 1. The van der Waals surface area contributed by atoms with E-state index in [9.17, 15) is 14.7 Å². The van der Waals surface area contributed by atoms with E-state index in [-0.39, 0.29) is 18.9 Å². The Morgan fingerprint density at radius 2 is 2.04 bits per heavy atom. The van der Waals surface area contributed by atoms with Crippen LogP contribution in [0.25, 0.3) is 11.3 Å². The Morgan fingerprint density at radius 1 is 1.32 bits per heavy atom. The zero-order chi connectivity index (χ0) is 18.0. The van der Waals surface area contributed by atoms with Crippen molar-refractivity contribution < 1.29 is 19.4 Å². The van der Waals surface area contributed by atoms with Crippen molar-refractivity contribution in [3.8, 4) is 11.3 Å². The molecule has 1 aliphatic rings. The Hall–Kier alpha value is -2.25. The highest BCUT2D eigenvalue weighted by atomic mass is 32.1. The molecule has 1 fully saturated rings. The Morgan fingerprint density at radius 3 is 2.72 bits per heavy atom. The molecule has 3 rings (SSSR count). The molecule has 0 bridgehead atoms. The summed E-state index contributed by atoms with van der Waals surface area (Å²) < 4.78 is 5.20. The van der Waals surface area contributed by atoms with Gasteiger partial charge in [0.2, 0.25) is 5.91 Å². The normalized spacial score (nSPS) is 17.5. The number of benzene rings is 1. The summed E-state index contributed by atoms with van der Waals surface area (Å²) in [5.41, 5.74) is 2.93. The first-order valence-corrected chi connectivity index (χ1v) is 8.90. The number of carboxylic acids is 1. The minimum absolute atomic E-state index is 0.0353. The monoisotopic (exact) mass is 360 g/mol. The Labute approximate surface area is 150 Å². The average Bonchev–Trinajstić information content (AvgIpc) is 2.95. The number of morpholine rings is 1. The van der Waals surface area contributed by atoms with E-state index in [1.54, 1.807) is 0 Å². The van der Waals surface area contributed by atoms with Crippen LogP contribution in [0.2, 0.25) is 0 Å². The van der Waals surface area contributed by atoms with Gasteiger partial charge < -0.3 is 14.7 Å². The summed E-state index contributed by atoms with van der Waals surface area (Å²) >= 11 is 1.48. The first kappa shape index (κ1) is 17.6. The number of carbonyl (C=O) groups is 2. The van der Waals surface area contributed by atoms with Crippen LogP contribution in [0.3, 0.4) is 0 Å². The molecule has 0 spiro atoms. The molecule has 1 aliphatic heterocycles. The van der Waals surface area contributed by atoms with Gasteiger partial charge >= 0.3 is 5.97 Å². The lowest BCUT2D eigenvalue weighted by Crippen LogP contribution is -2.53. The summed E-state index contributed by atoms with van der Waals surface area (Å²) in [6.07, 6.45) is 0.151. The third-order valence-electron chi connectivity index (χ3n) is 4.17. The quantitative estimate of drug-likeness (QED) is 0.905. The first-order chi connectivity index (χ1) is 12.0. The number of aromatic nitrogens is 1. The standard InChI is InChI=1S/C18H20N2O4S/c1-11-3-5-13(6-4-11)17-15(25-12(2)19-17)9-16(21)20-7-8-24-10-14(20)18(22)23/h3-6,14H,7-10H2,1-2H3,(H,22,23). The van der Waals surface area contributed by atoms with Gasteiger partial charge in [-0.05, 0) is 13.8 Å². The molecule has 2 aromatic rings. The number of rotatable bonds is 4. The van der Waals surface area contributed by atoms with Crippen LogP contribution in [0.5, 0.6) is 0 Å². The van der Waals surface area contributed by atoms with Crippen LogP contribution in [0, 0.1) is 13.8 Å². The van der Waals surface area contributed by atoms with Crippen molar-refractivity contribution in [2.24, 2.45) is 0 Å². The number of amides is 1. The smallest absolute Gasteiger partial charge is 0.328 e. The van der Waals surface area contributed by atoms with Gasteiger partial charge in [0.25, 0.3) is 0 Å². The van der Waals surface area contributed by atoms with Crippen LogP contribution in [-0.4, -0.2) is 52.7 Å². The van der Waals surface area contributed by atoms with Crippen molar-refractivity contribution in [2.75, 3.05) is 19.8 Å². The summed E-state index contributed by atoms with van der Waals surface area (Å²) in [4.78, 5) is 30.9. The summed E-state index contributed by atoms with van der Waals surface area (Å²) in [6, 6.07) is 7.09. The van der Waals surface area contributed by atoms with E-state index in [4.69, 9.17) is 4.74 Å². The molecule has 1 unspecified atom stereocenters. The highest BCUT2D eigenvalue weighted by Gasteiger charge is 2.33. The third kappa shape index (κ3) is 3.88. The van der Waals surface area contributed by atoms with Gasteiger partial charge in [-0.3, -0.25) is 4.79 Å². The van der Waals surface area contributed by atoms with Gasteiger partial charge in [0.15, 0.2) is 6.04 Å². The molecule has 25 heavy (non-hydrogen) atoms. The second-order valence-corrected chi connectivity index (χ2v) is 7.35. The second kappa shape index (κ2) is 7.33. The highest BCUT2D eigenvalue weighted by molar-refractivity contribution is 7.12. The molecule has 1 saturated heterocycles. The van der Waals surface area contributed by atoms with Gasteiger partial charge in [-0.2, -0.15) is 0 Å². The molecule has 1 amide bonds. The fourth-order valence-corrected chi connectivity index (χ4v) is 3.82. The van der Waals surface area contributed by atoms with Crippen molar-refractivity contribution in [3.63, 3.8) is 0 Å². The number of carboxylic acid groups (broad SMARTS) is 1. The minimum atomic E-state index is -1.03. The molecule has 132 valence electrons. The Bertz CT molecular complexity index is 785. The van der Waals surface area contributed by atoms with E-state index < -0.39 is 12.0 Å². The van der Waals surface area contributed by atoms with E-state index >= 15 is 0 Å². The molecule has 7 heteroatoms. The molecular formula is C18H20N2O4S. The fourth-order valence-electron chi connectivity index (χ4n) is 2.87. The molecule has 1 aromatic carbocycles. The van der Waals surface area contributed by atoms with Crippen LogP contribution < -0.4 is 0 Å². The largest absolute Gasteiger partial charge is 0.480 e. The third-order valence-corrected chi connectivity index (χ3v) is 5.15. The van der Waals surface area contributed by atoms with E-state index in [1.807, 2.05) is 38.1 Å².